The number of hydrogen-bond donors (Lipinski definition) is 7. The minimum atomic E-state index is -1.93. The number of amides is 2. The van der Waals surface area contributed by atoms with Crippen LogP contribution in [0.4, 0.5) is 0 Å². The second-order valence-corrected chi connectivity index (χ2v) is 12.1. The van der Waals surface area contributed by atoms with Gasteiger partial charge in [-0.1, -0.05) is 101 Å². The van der Waals surface area contributed by atoms with E-state index in [9.17, 15) is 30.0 Å². The van der Waals surface area contributed by atoms with E-state index in [1.165, 1.54) is 21.6 Å². The van der Waals surface area contributed by atoms with E-state index in [2.05, 4.69) is 84.4 Å². The Bertz CT molecular complexity index is 891. The Kier molecular flexibility index (Phi) is 28.5. The van der Waals surface area contributed by atoms with Crippen molar-refractivity contribution >= 4 is 33.4 Å². The lowest BCUT2D eigenvalue weighted by Crippen LogP contribution is -2.51. The van der Waals surface area contributed by atoms with E-state index in [4.69, 9.17) is 5.11 Å². The largest absolute Gasteiger partial charge is 0.394 e. The summed E-state index contributed by atoms with van der Waals surface area (Å²) in [5.41, 5.74) is 0. The van der Waals surface area contributed by atoms with Gasteiger partial charge in [-0.15, -0.1) is 0 Å². The molecular formula is C32H52N2O7S2. The minimum absolute atomic E-state index is 0.00144. The molecule has 0 aromatic carbocycles. The summed E-state index contributed by atoms with van der Waals surface area (Å²) in [4.78, 5) is 23.8. The number of rotatable bonds is 26. The lowest BCUT2D eigenvalue weighted by atomic mass is 10.0. The number of nitrogens with one attached hydrogen (secondary N) is 2. The molecule has 0 aliphatic carbocycles. The van der Waals surface area contributed by atoms with Gasteiger partial charge in [-0.05, 0) is 44.9 Å². The van der Waals surface area contributed by atoms with Crippen LogP contribution in [0.2, 0.25) is 0 Å². The van der Waals surface area contributed by atoms with E-state index >= 15 is 0 Å². The van der Waals surface area contributed by atoms with E-state index in [1.807, 2.05) is 6.08 Å². The fraction of sp³-hybridized carbons (Fsp3) is 0.562. The molecular weight excluding hydrogens is 588 g/mol. The summed E-state index contributed by atoms with van der Waals surface area (Å²) in [6.45, 7) is 2.07. The Balaban J connectivity index is 3.69. The SMILES string of the molecule is CCC=CCC=CCC=CCC=CCC=CCC=CCCC(=O)NCCSSCCNC(=O)[C@H](O)[C@@H](O)[C@H](O)[C@H](O)CO. The van der Waals surface area contributed by atoms with Crippen LogP contribution in [0.3, 0.4) is 0 Å². The van der Waals surface area contributed by atoms with Gasteiger partial charge in [0.25, 0.3) is 5.91 Å². The van der Waals surface area contributed by atoms with Gasteiger partial charge >= 0.3 is 0 Å². The molecule has 0 saturated heterocycles. The van der Waals surface area contributed by atoms with Gasteiger partial charge in [0.05, 0.1) is 6.61 Å². The zero-order valence-electron chi connectivity index (χ0n) is 25.3. The van der Waals surface area contributed by atoms with Crippen molar-refractivity contribution in [3.8, 4) is 0 Å². The maximum absolute atomic E-state index is 11.9. The Hall–Kier alpha value is -2.12. The molecule has 0 radical (unpaired) electrons. The molecule has 2 amide bonds. The first-order valence-corrected chi connectivity index (χ1v) is 17.4. The van der Waals surface area contributed by atoms with Gasteiger partial charge < -0.3 is 36.2 Å². The molecule has 244 valence electrons. The van der Waals surface area contributed by atoms with Crippen molar-refractivity contribution in [3.63, 3.8) is 0 Å². The van der Waals surface area contributed by atoms with E-state index in [0.717, 1.165) is 38.5 Å². The average molecular weight is 641 g/mol. The highest BCUT2D eigenvalue weighted by molar-refractivity contribution is 8.76. The molecule has 0 aliphatic heterocycles. The second kappa shape index (κ2) is 29.9. The molecule has 0 aliphatic rings. The molecule has 0 rings (SSSR count). The van der Waals surface area contributed by atoms with Gasteiger partial charge in [-0.3, -0.25) is 9.59 Å². The van der Waals surface area contributed by atoms with Crippen molar-refractivity contribution in [2.45, 2.75) is 82.7 Å². The lowest BCUT2D eigenvalue weighted by molar-refractivity contribution is -0.148. The van der Waals surface area contributed by atoms with Crippen LogP contribution in [0, 0.1) is 0 Å². The van der Waals surface area contributed by atoms with Crippen molar-refractivity contribution in [1.82, 2.24) is 10.6 Å². The van der Waals surface area contributed by atoms with Crippen LogP contribution in [0.15, 0.2) is 72.9 Å². The van der Waals surface area contributed by atoms with Gasteiger partial charge in [0.2, 0.25) is 5.91 Å². The van der Waals surface area contributed by atoms with Gasteiger partial charge in [0, 0.05) is 31.0 Å². The van der Waals surface area contributed by atoms with E-state index < -0.39 is 36.9 Å². The summed E-state index contributed by atoms with van der Waals surface area (Å²) in [5, 5.41) is 52.3. The quantitative estimate of drug-likeness (QED) is 0.0427. The maximum atomic E-state index is 11.9. The van der Waals surface area contributed by atoms with E-state index in [0.29, 0.717) is 30.9 Å². The van der Waals surface area contributed by atoms with Crippen molar-refractivity contribution in [2.24, 2.45) is 0 Å². The monoisotopic (exact) mass is 640 g/mol. The molecule has 9 nitrogen and oxygen atoms in total. The summed E-state index contributed by atoms with van der Waals surface area (Å²) in [6.07, 6.45) is 25.3. The molecule has 0 unspecified atom stereocenters. The Labute approximate surface area is 265 Å². The molecule has 11 heteroatoms. The van der Waals surface area contributed by atoms with Gasteiger partial charge in [0.15, 0.2) is 6.10 Å². The van der Waals surface area contributed by atoms with Gasteiger partial charge in [-0.25, -0.2) is 0 Å². The molecule has 0 bridgehead atoms. The van der Waals surface area contributed by atoms with Gasteiger partial charge in [0.1, 0.15) is 18.3 Å². The smallest absolute Gasteiger partial charge is 0.251 e. The number of aliphatic hydroxyl groups is 5. The Morgan fingerprint density at radius 1 is 0.651 bits per heavy atom. The zero-order valence-corrected chi connectivity index (χ0v) is 26.9. The predicted molar refractivity (Wildman–Crippen MR) is 179 cm³/mol. The molecule has 0 spiro atoms. The number of hydrogen-bond acceptors (Lipinski definition) is 9. The lowest BCUT2D eigenvalue weighted by Gasteiger charge is -2.24. The Morgan fingerprint density at radius 2 is 1.09 bits per heavy atom. The predicted octanol–water partition coefficient (Wildman–Crippen LogP) is 3.51. The van der Waals surface area contributed by atoms with Crippen LogP contribution in [0.5, 0.6) is 0 Å². The molecule has 7 N–H and O–H groups in total. The second-order valence-electron chi connectivity index (χ2n) is 9.41. The van der Waals surface area contributed by atoms with Crippen LogP contribution in [0.1, 0.15) is 58.3 Å². The van der Waals surface area contributed by atoms with Crippen LogP contribution < -0.4 is 10.6 Å². The summed E-state index contributed by atoms with van der Waals surface area (Å²) in [7, 11) is 3.01. The Morgan fingerprint density at radius 3 is 1.56 bits per heavy atom. The average Bonchev–Trinajstić information content (AvgIpc) is 3.01. The maximum Gasteiger partial charge on any atom is 0.251 e. The molecule has 43 heavy (non-hydrogen) atoms. The summed E-state index contributed by atoms with van der Waals surface area (Å²) in [6, 6.07) is 0. The summed E-state index contributed by atoms with van der Waals surface area (Å²) in [5.74, 6) is 0.328. The molecule has 0 heterocycles. The first kappa shape index (κ1) is 40.9. The standard InChI is InChI=1S/C32H52N2O7S2/c1-2-3-4-5-6-7-8-9-10-11-12-13-14-15-16-17-18-19-20-21-28(37)33-22-24-42-43-25-23-34-32(41)31(40)30(39)29(38)27(36)26-35/h3-4,6-7,9-10,12-13,15-16,18-19,27,29-31,35-36,38-40H,2,5,8,11,14,17,20-26H2,1H3,(H,33,37)(H,34,41)/t27-,29-,30+,31-/m1/s1. The van der Waals surface area contributed by atoms with Crippen LogP contribution in [-0.4, -0.2) is 93.0 Å². The molecule has 0 aromatic heterocycles. The van der Waals surface area contributed by atoms with Gasteiger partial charge in [-0.2, -0.15) is 0 Å². The summed E-state index contributed by atoms with van der Waals surface area (Å²) >= 11 is 0. The molecule has 4 atom stereocenters. The third-order valence-electron chi connectivity index (χ3n) is 5.73. The number of carbonyl (C=O) groups is 2. The molecule has 0 saturated carbocycles. The van der Waals surface area contributed by atoms with E-state index in [-0.39, 0.29) is 12.5 Å². The van der Waals surface area contributed by atoms with Crippen molar-refractivity contribution in [3.05, 3.63) is 72.9 Å². The van der Waals surface area contributed by atoms with Crippen LogP contribution >= 0.6 is 21.6 Å². The molecule has 0 aromatic rings. The molecule has 0 fully saturated rings. The minimum Gasteiger partial charge on any atom is -0.394 e. The third-order valence-corrected chi connectivity index (χ3v) is 8.14. The van der Waals surface area contributed by atoms with Crippen molar-refractivity contribution in [1.29, 1.82) is 0 Å². The first-order valence-electron chi connectivity index (χ1n) is 14.9. The van der Waals surface area contributed by atoms with Crippen molar-refractivity contribution < 1.29 is 35.1 Å². The number of allylic oxidation sites excluding steroid dienone is 12. The van der Waals surface area contributed by atoms with E-state index in [1.54, 1.807) is 0 Å². The topological polar surface area (TPSA) is 159 Å². The zero-order chi connectivity index (χ0) is 32.0. The van der Waals surface area contributed by atoms with Crippen LogP contribution in [0.25, 0.3) is 0 Å². The number of carbonyl (C=O) groups excluding carboxylic acids is 2. The third kappa shape index (κ3) is 25.0. The normalized spacial score (nSPS) is 15.4. The van der Waals surface area contributed by atoms with Crippen LogP contribution in [-0.2, 0) is 9.59 Å². The highest BCUT2D eigenvalue weighted by Gasteiger charge is 2.33. The highest BCUT2D eigenvalue weighted by atomic mass is 33.1. The number of aliphatic hydroxyl groups excluding tert-OH is 5. The fourth-order valence-corrected chi connectivity index (χ4v) is 5.10. The highest BCUT2D eigenvalue weighted by Crippen LogP contribution is 2.19. The van der Waals surface area contributed by atoms with Crippen molar-refractivity contribution in [2.75, 3.05) is 31.2 Å². The fourth-order valence-electron chi connectivity index (χ4n) is 3.29. The summed E-state index contributed by atoms with van der Waals surface area (Å²) < 4.78 is 0. The first-order chi connectivity index (χ1) is 20.8.